The lowest BCUT2D eigenvalue weighted by atomic mass is 9.79. The number of rotatable bonds is 14. The quantitative estimate of drug-likeness (QED) is 0.132. The van der Waals surface area contributed by atoms with Crippen molar-refractivity contribution < 1.29 is 42.4 Å². The number of nitrogens with zero attached hydrogens (tertiary/aromatic N) is 2. The maximum Gasteiger partial charge on any atom is 0.330 e. The number of unbranched alkanes of at least 4 members (excludes halogenated alkanes) is 2. The lowest BCUT2D eigenvalue weighted by Gasteiger charge is -2.40. The molecule has 2 aromatic rings. The molecule has 0 radical (unpaired) electrons. The number of halogens is 2. The molecule has 4 N–H and O–H groups in total. The number of nitrogens with one attached hydrogen (secondary N) is 1. The summed E-state index contributed by atoms with van der Waals surface area (Å²) in [6.07, 6.45) is 14.1. The second-order valence-electron chi connectivity index (χ2n) is 11.4. The van der Waals surface area contributed by atoms with E-state index in [2.05, 4.69) is 15.3 Å². The summed E-state index contributed by atoms with van der Waals surface area (Å²) in [6, 6.07) is 2.48. The predicted molar refractivity (Wildman–Crippen MR) is 174 cm³/mol. The van der Waals surface area contributed by atoms with Gasteiger partial charge < -0.3 is 35.1 Å². The highest BCUT2D eigenvalue weighted by Gasteiger charge is 2.45. The Bertz CT molecular complexity index is 1360. The van der Waals surface area contributed by atoms with Gasteiger partial charge in [-0.3, -0.25) is 9.97 Å². The minimum absolute atomic E-state index is 0.183. The van der Waals surface area contributed by atoms with Crippen molar-refractivity contribution in [3.63, 3.8) is 0 Å². The maximum absolute atomic E-state index is 13.7. The summed E-state index contributed by atoms with van der Waals surface area (Å²) >= 11 is 0. The van der Waals surface area contributed by atoms with Gasteiger partial charge in [0, 0.05) is 43.7 Å². The van der Waals surface area contributed by atoms with Crippen LogP contribution in [-0.4, -0.2) is 71.4 Å². The molecular weight excluding hydrogens is 614 g/mol. The van der Waals surface area contributed by atoms with Crippen LogP contribution >= 0.6 is 0 Å². The Morgan fingerprint density at radius 2 is 1.45 bits per heavy atom. The Labute approximate surface area is 274 Å². The summed E-state index contributed by atoms with van der Waals surface area (Å²) < 4.78 is 47.8. The van der Waals surface area contributed by atoms with E-state index in [1.807, 2.05) is 13.8 Å². The SMILES string of the molecule is CCCCOC(=O)C=Cc1ncc(F)cc1N.CCCCOC(=O)C=Cc1ncc(F)cc1NCCC1(O)CCC2(CC1)OCCO2. The van der Waals surface area contributed by atoms with E-state index in [0.29, 0.717) is 82.2 Å². The van der Waals surface area contributed by atoms with E-state index in [0.717, 1.165) is 44.1 Å². The molecule has 1 aliphatic carbocycles. The Hall–Kier alpha value is -3.94. The number of aliphatic hydroxyl groups is 1. The van der Waals surface area contributed by atoms with Crippen LogP contribution in [-0.2, 0) is 28.5 Å². The first-order valence-corrected chi connectivity index (χ1v) is 16.1. The molecule has 0 aromatic carbocycles. The Kier molecular flexibility index (Phi) is 15.2. The minimum Gasteiger partial charge on any atom is -0.463 e. The van der Waals surface area contributed by atoms with Gasteiger partial charge >= 0.3 is 11.9 Å². The molecule has 1 saturated heterocycles. The van der Waals surface area contributed by atoms with Gasteiger partial charge in [0.05, 0.1) is 67.2 Å². The first-order chi connectivity index (χ1) is 22.6. The number of esters is 2. The van der Waals surface area contributed by atoms with Crippen LogP contribution < -0.4 is 11.1 Å². The molecule has 1 saturated carbocycles. The van der Waals surface area contributed by atoms with Gasteiger partial charge in [0.15, 0.2) is 5.79 Å². The van der Waals surface area contributed by atoms with E-state index in [-0.39, 0.29) is 5.69 Å². The smallest absolute Gasteiger partial charge is 0.330 e. The Balaban J connectivity index is 0.000000300. The normalized spacial score (nSPS) is 16.6. The van der Waals surface area contributed by atoms with E-state index < -0.39 is 35.0 Å². The van der Waals surface area contributed by atoms with Crippen molar-refractivity contribution in [3.8, 4) is 0 Å². The minimum atomic E-state index is -0.812. The van der Waals surface area contributed by atoms with Crippen LogP contribution in [0.4, 0.5) is 20.2 Å². The van der Waals surface area contributed by atoms with Crippen LogP contribution in [0.2, 0.25) is 0 Å². The molecule has 2 fully saturated rings. The lowest BCUT2D eigenvalue weighted by molar-refractivity contribution is -0.202. The van der Waals surface area contributed by atoms with Crippen LogP contribution in [0, 0.1) is 11.6 Å². The van der Waals surface area contributed by atoms with Gasteiger partial charge in [-0.15, -0.1) is 0 Å². The number of nitrogens with two attached hydrogens (primary N) is 1. The third kappa shape index (κ3) is 13.0. The second-order valence-corrected chi connectivity index (χ2v) is 11.4. The van der Waals surface area contributed by atoms with Crippen molar-refractivity contribution in [3.05, 3.63) is 59.7 Å². The number of carbonyl (C=O) groups is 2. The second kappa shape index (κ2) is 19.0. The molecule has 3 heterocycles. The molecule has 47 heavy (non-hydrogen) atoms. The molecule has 1 aliphatic heterocycles. The van der Waals surface area contributed by atoms with Gasteiger partial charge in [0.1, 0.15) is 11.6 Å². The zero-order valence-corrected chi connectivity index (χ0v) is 27.1. The van der Waals surface area contributed by atoms with E-state index in [9.17, 15) is 23.5 Å². The van der Waals surface area contributed by atoms with Gasteiger partial charge in [-0.1, -0.05) is 26.7 Å². The molecule has 0 bridgehead atoms. The fourth-order valence-corrected chi connectivity index (χ4v) is 4.92. The van der Waals surface area contributed by atoms with Gasteiger partial charge in [0.25, 0.3) is 0 Å². The van der Waals surface area contributed by atoms with Gasteiger partial charge in [0.2, 0.25) is 0 Å². The van der Waals surface area contributed by atoms with Crippen molar-refractivity contribution in [1.29, 1.82) is 0 Å². The first-order valence-electron chi connectivity index (χ1n) is 16.1. The molecule has 0 atom stereocenters. The van der Waals surface area contributed by atoms with Gasteiger partial charge in [-0.25, -0.2) is 18.4 Å². The fraction of sp³-hybridized carbons (Fsp3) is 0.529. The highest BCUT2D eigenvalue weighted by atomic mass is 19.1. The van der Waals surface area contributed by atoms with Crippen LogP contribution in [0.15, 0.2) is 36.7 Å². The first kappa shape index (κ1) is 37.5. The molecule has 0 unspecified atom stereocenters. The summed E-state index contributed by atoms with van der Waals surface area (Å²) in [4.78, 5) is 30.8. The predicted octanol–water partition coefficient (Wildman–Crippen LogP) is 5.59. The van der Waals surface area contributed by atoms with E-state index in [4.69, 9.17) is 24.7 Å². The molecule has 11 nitrogen and oxygen atoms in total. The largest absolute Gasteiger partial charge is 0.463 e. The Morgan fingerprint density at radius 1 is 0.915 bits per heavy atom. The van der Waals surface area contributed by atoms with Gasteiger partial charge in [-0.2, -0.15) is 0 Å². The van der Waals surface area contributed by atoms with E-state index in [1.54, 1.807) is 0 Å². The molecule has 1 spiro atoms. The lowest BCUT2D eigenvalue weighted by Crippen LogP contribution is -2.44. The molecule has 0 amide bonds. The average Bonchev–Trinajstić information content (AvgIpc) is 3.51. The van der Waals surface area contributed by atoms with E-state index in [1.165, 1.54) is 30.4 Å². The van der Waals surface area contributed by atoms with Crippen LogP contribution in [0.1, 0.15) is 83.0 Å². The number of nitrogen functional groups attached to an aromatic ring is 1. The molecule has 13 heteroatoms. The molecular formula is C34H46F2N4O7. The number of hydrogen-bond donors (Lipinski definition) is 3. The zero-order chi connectivity index (χ0) is 34.1. The summed E-state index contributed by atoms with van der Waals surface area (Å²) in [5.74, 6) is -2.42. The summed E-state index contributed by atoms with van der Waals surface area (Å²) in [6.45, 7) is 6.45. The van der Waals surface area contributed by atoms with Crippen molar-refractivity contribution in [2.45, 2.75) is 83.0 Å². The Morgan fingerprint density at radius 3 is 2.00 bits per heavy atom. The monoisotopic (exact) mass is 660 g/mol. The molecule has 258 valence electrons. The standard InChI is InChI=1S/C22H31FN2O5.C12H15FN2O2/c1-2-3-12-28-20(26)5-4-18-19(15-17(23)16-25-18)24-11-10-21(27)6-8-22(9-7-21)29-13-14-30-22;1-2-3-6-17-12(16)5-4-11-10(14)7-9(13)8-15-11/h4-5,15-16,24,27H,2-3,6-14H2,1H3;4-5,7-8H,2-3,6,14H2,1H3. The van der Waals surface area contributed by atoms with Crippen LogP contribution in [0.25, 0.3) is 12.2 Å². The molecule has 4 rings (SSSR count). The van der Waals surface area contributed by atoms with Crippen molar-refractivity contribution >= 4 is 35.5 Å². The van der Waals surface area contributed by atoms with Crippen LogP contribution in [0.5, 0.6) is 0 Å². The number of aromatic nitrogens is 2. The number of hydrogen-bond acceptors (Lipinski definition) is 11. The summed E-state index contributed by atoms with van der Waals surface area (Å²) in [7, 11) is 0. The van der Waals surface area contributed by atoms with Crippen LogP contribution in [0.3, 0.4) is 0 Å². The fourth-order valence-electron chi connectivity index (χ4n) is 4.92. The molecule has 2 aromatic heterocycles. The van der Waals surface area contributed by atoms with Crippen molar-refractivity contribution in [1.82, 2.24) is 9.97 Å². The number of ether oxygens (including phenoxy) is 4. The van der Waals surface area contributed by atoms with Gasteiger partial charge in [-0.05, 0) is 44.3 Å². The summed E-state index contributed by atoms with van der Waals surface area (Å²) in [5, 5.41) is 14.0. The van der Waals surface area contributed by atoms with Crippen molar-refractivity contribution in [2.75, 3.05) is 44.0 Å². The topological polar surface area (TPSA) is 155 Å². The summed E-state index contributed by atoms with van der Waals surface area (Å²) in [5.41, 5.74) is 6.14. The van der Waals surface area contributed by atoms with E-state index >= 15 is 0 Å². The third-order valence-corrected chi connectivity index (χ3v) is 7.70. The number of carbonyl (C=O) groups excluding carboxylic acids is 2. The molecule has 2 aliphatic rings. The number of anilines is 2. The highest BCUT2D eigenvalue weighted by Crippen LogP contribution is 2.41. The average molecular weight is 661 g/mol. The third-order valence-electron chi connectivity index (χ3n) is 7.70. The highest BCUT2D eigenvalue weighted by molar-refractivity contribution is 5.88. The number of pyridine rings is 2. The maximum atomic E-state index is 13.7. The zero-order valence-electron chi connectivity index (χ0n) is 27.1. The van der Waals surface area contributed by atoms with Crippen molar-refractivity contribution in [2.24, 2.45) is 0 Å².